The first-order valence-corrected chi connectivity index (χ1v) is 8.25. The highest BCUT2D eigenvalue weighted by Gasteiger charge is 1.96. The normalized spacial score (nSPS) is 11.0. The Balaban J connectivity index is 0. The third kappa shape index (κ3) is 16.3. The van der Waals surface area contributed by atoms with Gasteiger partial charge in [0.05, 0.1) is 6.61 Å². The number of halogens is 1. The summed E-state index contributed by atoms with van der Waals surface area (Å²) in [5.74, 6) is 2.11. The predicted molar refractivity (Wildman–Crippen MR) is 98.1 cm³/mol. The standard InChI is InChI=1S/C13H29N3OS.HI/c1-4-5-10-17-11-9-16-13(14-2)15-8-6-7-12-18-3;/h4-12H2,1-3H3,(H2,14,15,16);1H. The van der Waals surface area contributed by atoms with E-state index in [2.05, 4.69) is 28.8 Å². The molecule has 0 fully saturated rings. The maximum Gasteiger partial charge on any atom is 0.191 e. The molecule has 0 aromatic heterocycles. The molecule has 0 saturated carbocycles. The third-order valence-electron chi connectivity index (χ3n) is 2.47. The van der Waals surface area contributed by atoms with E-state index in [1.54, 1.807) is 7.05 Å². The molecule has 0 aliphatic rings. The molecule has 4 nitrogen and oxygen atoms in total. The van der Waals surface area contributed by atoms with Crippen LogP contribution in [0.25, 0.3) is 0 Å². The van der Waals surface area contributed by atoms with Gasteiger partial charge < -0.3 is 15.4 Å². The summed E-state index contributed by atoms with van der Waals surface area (Å²) in [5.41, 5.74) is 0. The number of hydrogen-bond donors (Lipinski definition) is 2. The third-order valence-corrected chi connectivity index (χ3v) is 3.17. The van der Waals surface area contributed by atoms with Gasteiger partial charge in [-0.15, -0.1) is 24.0 Å². The van der Waals surface area contributed by atoms with E-state index in [9.17, 15) is 0 Å². The van der Waals surface area contributed by atoms with Crippen LogP contribution in [0.15, 0.2) is 4.99 Å². The van der Waals surface area contributed by atoms with Crippen LogP contribution in [0.5, 0.6) is 0 Å². The second-order valence-corrected chi connectivity index (χ2v) is 5.08. The monoisotopic (exact) mass is 403 g/mol. The van der Waals surface area contributed by atoms with Crippen molar-refractivity contribution in [2.45, 2.75) is 32.6 Å². The summed E-state index contributed by atoms with van der Waals surface area (Å²) in [4.78, 5) is 4.17. The summed E-state index contributed by atoms with van der Waals surface area (Å²) in [6.07, 6.45) is 6.92. The van der Waals surface area contributed by atoms with E-state index in [4.69, 9.17) is 4.74 Å². The largest absolute Gasteiger partial charge is 0.380 e. The molecule has 0 radical (unpaired) electrons. The van der Waals surface area contributed by atoms with Crippen molar-refractivity contribution in [3.8, 4) is 0 Å². The molecule has 0 bridgehead atoms. The zero-order chi connectivity index (χ0) is 13.5. The minimum atomic E-state index is 0. The number of unbranched alkanes of at least 4 members (excludes halogenated alkanes) is 2. The molecule has 0 heterocycles. The van der Waals surface area contributed by atoms with Gasteiger partial charge in [0, 0.05) is 26.7 Å². The van der Waals surface area contributed by atoms with Gasteiger partial charge in [0.1, 0.15) is 0 Å². The van der Waals surface area contributed by atoms with E-state index in [-0.39, 0.29) is 24.0 Å². The first kappa shape index (κ1) is 21.6. The van der Waals surface area contributed by atoms with E-state index >= 15 is 0 Å². The van der Waals surface area contributed by atoms with E-state index in [1.165, 1.54) is 25.0 Å². The Morgan fingerprint density at radius 2 is 1.84 bits per heavy atom. The van der Waals surface area contributed by atoms with Crippen LogP contribution in [0.1, 0.15) is 32.6 Å². The Hall–Kier alpha value is 0.310. The maximum absolute atomic E-state index is 5.48. The van der Waals surface area contributed by atoms with Crippen molar-refractivity contribution in [2.24, 2.45) is 4.99 Å². The van der Waals surface area contributed by atoms with E-state index < -0.39 is 0 Å². The first-order valence-electron chi connectivity index (χ1n) is 6.86. The summed E-state index contributed by atoms with van der Waals surface area (Å²) in [7, 11) is 1.80. The van der Waals surface area contributed by atoms with Gasteiger partial charge in [-0.1, -0.05) is 13.3 Å². The number of rotatable bonds is 11. The van der Waals surface area contributed by atoms with Crippen LogP contribution in [-0.2, 0) is 4.74 Å². The smallest absolute Gasteiger partial charge is 0.191 e. The lowest BCUT2D eigenvalue weighted by Gasteiger charge is -2.11. The van der Waals surface area contributed by atoms with Crippen LogP contribution < -0.4 is 10.6 Å². The molecule has 0 aromatic rings. The minimum Gasteiger partial charge on any atom is -0.380 e. The molecule has 0 aromatic carbocycles. The fraction of sp³-hybridized carbons (Fsp3) is 0.923. The van der Waals surface area contributed by atoms with Gasteiger partial charge in [-0.2, -0.15) is 11.8 Å². The molecule has 0 spiro atoms. The highest BCUT2D eigenvalue weighted by molar-refractivity contribution is 14.0. The lowest BCUT2D eigenvalue weighted by molar-refractivity contribution is 0.136. The molecule has 2 N–H and O–H groups in total. The van der Waals surface area contributed by atoms with Crippen LogP contribution >= 0.6 is 35.7 Å². The average molecular weight is 403 g/mol. The molecule has 0 unspecified atom stereocenters. The molecule has 0 amide bonds. The van der Waals surface area contributed by atoms with E-state index in [1.807, 2.05) is 11.8 Å². The molecular weight excluding hydrogens is 373 g/mol. The van der Waals surface area contributed by atoms with Crippen molar-refractivity contribution in [2.75, 3.05) is 45.4 Å². The van der Waals surface area contributed by atoms with Crippen LogP contribution in [0.4, 0.5) is 0 Å². The zero-order valence-electron chi connectivity index (χ0n) is 12.5. The summed E-state index contributed by atoms with van der Waals surface area (Å²) < 4.78 is 5.48. The van der Waals surface area contributed by atoms with Crippen LogP contribution in [0, 0.1) is 0 Å². The van der Waals surface area contributed by atoms with Gasteiger partial charge >= 0.3 is 0 Å². The highest BCUT2D eigenvalue weighted by Crippen LogP contribution is 1.97. The quantitative estimate of drug-likeness (QED) is 0.241. The van der Waals surface area contributed by atoms with Crippen LogP contribution in [0.2, 0.25) is 0 Å². The zero-order valence-corrected chi connectivity index (χ0v) is 15.7. The van der Waals surface area contributed by atoms with Crippen molar-refractivity contribution in [1.82, 2.24) is 10.6 Å². The molecule has 0 atom stereocenters. The van der Waals surface area contributed by atoms with Crippen molar-refractivity contribution >= 4 is 41.7 Å². The Bertz CT molecular complexity index is 206. The van der Waals surface area contributed by atoms with Gasteiger partial charge in [-0.3, -0.25) is 4.99 Å². The minimum absolute atomic E-state index is 0. The molecule has 116 valence electrons. The van der Waals surface area contributed by atoms with Gasteiger partial charge in [-0.25, -0.2) is 0 Å². The summed E-state index contributed by atoms with van der Waals surface area (Å²) >= 11 is 1.90. The lowest BCUT2D eigenvalue weighted by Crippen LogP contribution is -2.39. The Labute approximate surface area is 139 Å². The van der Waals surface area contributed by atoms with Crippen LogP contribution in [0.3, 0.4) is 0 Å². The van der Waals surface area contributed by atoms with Gasteiger partial charge in [0.25, 0.3) is 0 Å². The summed E-state index contributed by atoms with van der Waals surface area (Å²) in [6.45, 7) is 5.57. The van der Waals surface area contributed by atoms with Crippen LogP contribution in [-0.4, -0.2) is 51.3 Å². The van der Waals surface area contributed by atoms with Gasteiger partial charge in [-0.05, 0) is 31.3 Å². The maximum atomic E-state index is 5.48. The predicted octanol–water partition coefficient (Wildman–Crippen LogP) is 2.73. The molecular formula is C13H30IN3OS. The number of ether oxygens (including phenoxy) is 1. The first-order chi connectivity index (χ1) is 8.85. The fourth-order valence-corrected chi connectivity index (χ4v) is 1.88. The second kappa shape index (κ2) is 18.3. The van der Waals surface area contributed by atoms with Gasteiger partial charge in [0.15, 0.2) is 5.96 Å². The summed E-state index contributed by atoms with van der Waals surface area (Å²) in [6, 6.07) is 0. The molecule has 19 heavy (non-hydrogen) atoms. The van der Waals surface area contributed by atoms with Crippen molar-refractivity contribution < 1.29 is 4.74 Å². The number of guanidine groups is 1. The Kier molecular flexibility index (Phi) is 20.8. The lowest BCUT2D eigenvalue weighted by atomic mass is 10.3. The molecule has 0 aliphatic carbocycles. The molecule has 0 saturated heterocycles. The number of hydrogen-bond acceptors (Lipinski definition) is 3. The number of thioether (sulfide) groups is 1. The highest BCUT2D eigenvalue weighted by atomic mass is 127. The summed E-state index contributed by atoms with van der Waals surface area (Å²) in [5, 5.41) is 6.55. The molecule has 6 heteroatoms. The Morgan fingerprint density at radius 1 is 1.11 bits per heavy atom. The van der Waals surface area contributed by atoms with Crippen molar-refractivity contribution in [3.63, 3.8) is 0 Å². The van der Waals surface area contributed by atoms with Crippen molar-refractivity contribution in [1.29, 1.82) is 0 Å². The van der Waals surface area contributed by atoms with E-state index in [0.717, 1.165) is 38.7 Å². The average Bonchev–Trinajstić information content (AvgIpc) is 2.40. The number of nitrogens with zero attached hydrogens (tertiary/aromatic N) is 1. The van der Waals surface area contributed by atoms with E-state index in [0.29, 0.717) is 0 Å². The molecule has 0 aliphatic heterocycles. The second-order valence-electron chi connectivity index (χ2n) is 4.09. The van der Waals surface area contributed by atoms with Gasteiger partial charge in [0.2, 0.25) is 0 Å². The number of aliphatic imine (C=N–C) groups is 1. The fourth-order valence-electron chi connectivity index (χ4n) is 1.39. The van der Waals surface area contributed by atoms with Crippen molar-refractivity contribution in [3.05, 3.63) is 0 Å². The molecule has 0 rings (SSSR count). The topological polar surface area (TPSA) is 45.6 Å². The Morgan fingerprint density at radius 3 is 2.47 bits per heavy atom. The number of nitrogens with one attached hydrogen (secondary N) is 2. The SMILES string of the molecule is CCCCOCCNC(=NC)NCCCCSC.I.